The average molecular weight is 224 g/mol. The van der Waals surface area contributed by atoms with Crippen LogP contribution >= 0.6 is 0 Å². The maximum absolute atomic E-state index is 11.3. The molecule has 0 bridgehead atoms. The van der Waals surface area contributed by atoms with Gasteiger partial charge in [-0.2, -0.15) is 0 Å². The first-order valence-electron chi connectivity index (χ1n) is 4.69. The van der Waals surface area contributed by atoms with Crippen LogP contribution in [0.1, 0.15) is 0 Å². The zero-order chi connectivity index (χ0) is 12.0. The number of carbonyl (C=O) groups excluding carboxylic acids is 2. The molecule has 16 heavy (non-hydrogen) atoms. The third-order valence-electron chi connectivity index (χ3n) is 2.01. The fraction of sp³-hybridized carbons (Fsp3) is 0.273. The number of hydrogen-bond acceptors (Lipinski definition) is 5. The molecule has 2 N–H and O–H groups in total. The van der Waals surface area contributed by atoms with Crippen LogP contribution in [0.25, 0.3) is 0 Å². The molecule has 0 aromatic rings. The van der Waals surface area contributed by atoms with Gasteiger partial charge in [0.2, 0.25) is 0 Å². The molecule has 1 aliphatic rings. The minimum Gasteiger partial charge on any atom is -0.452 e. The number of rotatable bonds is 4. The molecule has 1 rings (SSSR count). The van der Waals surface area contributed by atoms with Crippen LogP contribution in [0.2, 0.25) is 0 Å². The monoisotopic (exact) mass is 224 g/mol. The molecule has 0 spiro atoms. The fourth-order valence-corrected chi connectivity index (χ4v) is 1.26. The molecular formula is C11H12O5. The summed E-state index contributed by atoms with van der Waals surface area (Å²) in [6.07, 6.45) is 5.37. The van der Waals surface area contributed by atoms with Crippen molar-refractivity contribution in [1.82, 2.24) is 0 Å². The lowest BCUT2D eigenvalue weighted by atomic mass is 10.1. The summed E-state index contributed by atoms with van der Waals surface area (Å²) in [4.78, 5) is 21.3. The van der Waals surface area contributed by atoms with Crippen LogP contribution in [0.4, 0.5) is 0 Å². The van der Waals surface area contributed by atoms with Crippen LogP contribution in [-0.2, 0) is 14.3 Å². The number of esters is 1. The number of ether oxygens (including phenoxy) is 1. The molecule has 0 aromatic heterocycles. The topological polar surface area (TPSA) is 83.8 Å². The maximum atomic E-state index is 11.3. The van der Waals surface area contributed by atoms with E-state index in [1.54, 1.807) is 0 Å². The Bertz CT molecular complexity index is 353. The van der Waals surface area contributed by atoms with Crippen molar-refractivity contribution in [3.05, 3.63) is 36.0 Å². The van der Waals surface area contributed by atoms with E-state index in [-0.39, 0.29) is 12.2 Å². The van der Waals surface area contributed by atoms with Gasteiger partial charge in [0.1, 0.15) is 12.4 Å². The Morgan fingerprint density at radius 3 is 2.75 bits per heavy atom. The van der Waals surface area contributed by atoms with Gasteiger partial charge in [-0.15, -0.1) is 0 Å². The predicted octanol–water partition coefficient (Wildman–Crippen LogP) is -0.497. The van der Waals surface area contributed by atoms with E-state index in [0.717, 1.165) is 0 Å². The second-order valence-electron chi connectivity index (χ2n) is 3.07. The highest BCUT2D eigenvalue weighted by molar-refractivity contribution is 5.92. The summed E-state index contributed by atoms with van der Waals surface area (Å²) in [5, 5.41) is 18.2. The molecule has 2 atom stereocenters. The summed E-state index contributed by atoms with van der Waals surface area (Å²) < 4.78 is 4.84. The SMILES string of the molecule is O=C/C=C/C=C1/C(=O)O[C@H](/C=C/CO)[C@H]1O. The van der Waals surface area contributed by atoms with Gasteiger partial charge >= 0.3 is 5.97 Å². The summed E-state index contributed by atoms with van der Waals surface area (Å²) in [7, 11) is 0. The highest BCUT2D eigenvalue weighted by Gasteiger charge is 2.36. The van der Waals surface area contributed by atoms with E-state index in [2.05, 4.69) is 0 Å². The smallest absolute Gasteiger partial charge is 0.337 e. The molecule has 1 fully saturated rings. The quantitative estimate of drug-likeness (QED) is 0.291. The highest BCUT2D eigenvalue weighted by atomic mass is 16.6. The minimum atomic E-state index is -1.08. The Morgan fingerprint density at radius 1 is 1.38 bits per heavy atom. The molecule has 0 aromatic carbocycles. The maximum Gasteiger partial charge on any atom is 0.337 e. The number of allylic oxidation sites excluding steroid dienone is 3. The van der Waals surface area contributed by atoms with Crippen LogP contribution in [-0.4, -0.2) is 41.3 Å². The largest absolute Gasteiger partial charge is 0.452 e. The Kier molecular flexibility index (Phi) is 4.63. The number of aliphatic hydroxyl groups excluding tert-OH is 2. The number of cyclic esters (lactones) is 1. The van der Waals surface area contributed by atoms with E-state index in [1.165, 1.54) is 30.4 Å². The van der Waals surface area contributed by atoms with Gasteiger partial charge in [0.15, 0.2) is 6.10 Å². The summed E-state index contributed by atoms with van der Waals surface area (Å²) in [5.41, 5.74) is 0.0886. The zero-order valence-electron chi connectivity index (χ0n) is 8.45. The summed E-state index contributed by atoms with van der Waals surface area (Å²) >= 11 is 0. The molecule has 86 valence electrons. The normalized spacial score (nSPS) is 28.1. The van der Waals surface area contributed by atoms with E-state index in [4.69, 9.17) is 9.84 Å². The molecule has 1 heterocycles. The minimum absolute atomic E-state index is 0.0886. The van der Waals surface area contributed by atoms with Crippen LogP contribution in [0.5, 0.6) is 0 Å². The standard InChI is InChI=1S/C11H12O5/c12-6-2-1-4-8-10(14)9(5-3-7-13)16-11(8)15/h1-6,9-10,13-14H,7H2/b2-1+,5-3+,8-4+/t9-,10+/m1/s1. The predicted molar refractivity (Wildman–Crippen MR) is 55.4 cm³/mol. The zero-order valence-corrected chi connectivity index (χ0v) is 8.45. The van der Waals surface area contributed by atoms with E-state index in [1.807, 2.05) is 0 Å². The molecule has 0 saturated carbocycles. The summed E-state index contributed by atoms with van der Waals surface area (Å²) in [5.74, 6) is -0.629. The van der Waals surface area contributed by atoms with Crippen LogP contribution < -0.4 is 0 Å². The summed E-state index contributed by atoms with van der Waals surface area (Å²) in [6, 6.07) is 0. The number of aliphatic hydroxyl groups is 2. The van der Waals surface area contributed by atoms with Gasteiger partial charge in [0.05, 0.1) is 12.2 Å². The van der Waals surface area contributed by atoms with E-state index in [9.17, 15) is 14.7 Å². The molecule has 1 aliphatic heterocycles. The molecule has 0 aliphatic carbocycles. The number of aldehydes is 1. The van der Waals surface area contributed by atoms with Crippen molar-refractivity contribution < 1.29 is 24.5 Å². The lowest BCUT2D eigenvalue weighted by Gasteiger charge is -2.06. The number of hydrogen-bond donors (Lipinski definition) is 2. The van der Waals surface area contributed by atoms with Gasteiger partial charge in [0.25, 0.3) is 0 Å². The van der Waals surface area contributed by atoms with Crippen molar-refractivity contribution in [2.75, 3.05) is 6.61 Å². The average Bonchev–Trinajstić information content (AvgIpc) is 2.54. The van der Waals surface area contributed by atoms with Gasteiger partial charge in [0, 0.05) is 0 Å². The van der Waals surface area contributed by atoms with Gasteiger partial charge in [-0.05, 0) is 18.2 Å². The lowest BCUT2D eigenvalue weighted by Crippen LogP contribution is -2.19. The van der Waals surface area contributed by atoms with Crippen molar-refractivity contribution in [3.8, 4) is 0 Å². The Balaban J connectivity index is 2.78. The van der Waals surface area contributed by atoms with Crippen molar-refractivity contribution in [3.63, 3.8) is 0 Å². The Hall–Kier alpha value is -1.72. The Morgan fingerprint density at radius 2 is 2.12 bits per heavy atom. The van der Waals surface area contributed by atoms with E-state index in [0.29, 0.717) is 6.29 Å². The van der Waals surface area contributed by atoms with Gasteiger partial charge in [-0.1, -0.05) is 12.2 Å². The first-order chi connectivity index (χ1) is 7.70. The van der Waals surface area contributed by atoms with E-state index < -0.39 is 18.2 Å². The van der Waals surface area contributed by atoms with Crippen molar-refractivity contribution >= 4 is 12.3 Å². The van der Waals surface area contributed by atoms with Crippen LogP contribution in [0, 0.1) is 0 Å². The third-order valence-corrected chi connectivity index (χ3v) is 2.01. The van der Waals surface area contributed by atoms with Gasteiger partial charge < -0.3 is 14.9 Å². The van der Waals surface area contributed by atoms with Crippen LogP contribution in [0.3, 0.4) is 0 Å². The van der Waals surface area contributed by atoms with Gasteiger partial charge in [-0.3, -0.25) is 4.79 Å². The lowest BCUT2D eigenvalue weighted by molar-refractivity contribution is -0.137. The molecule has 0 unspecified atom stereocenters. The van der Waals surface area contributed by atoms with E-state index >= 15 is 0 Å². The summed E-state index contributed by atoms with van der Waals surface area (Å²) in [6.45, 7) is -0.190. The first kappa shape index (κ1) is 12.4. The number of carbonyl (C=O) groups is 2. The van der Waals surface area contributed by atoms with Crippen LogP contribution in [0.15, 0.2) is 36.0 Å². The first-order valence-corrected chi connectivity index (χ1v) is 4.69. The van der Waals surface area contributed by atoms with Gasteiger partial charge in [-0.25, -0.2) is 4.79 Å². The van der Waals surface area contributed by atoms with Crippen molar-refractivity contribution in [2.24, 2.45) is 0 Å². The Labute approximate surface area is 92.3 Å². The highest BCUT2D eigenvalue weighted by Crippen LogP contribution is 2.22. The molecule has 5 heteroatoms. The molecule has 0 radical (unpaired) electrons. The second kappa shape index (κ2) is 5.99. The third kappa shape index (κ3) is 2.88. The van der Waals surface area contributed by atoms with Crippen molar-refractivity contribution in [1.29, 1.82) is 0 Å². The molecule has 1 saturated heterocycles. The molecule has 0 amide bonds. The second-order valence-corrected chi connectivity index (χ2v) is 3.07. The molecular weight excluding hydrogens is 212 g/mol. The van der Waals surface area contributed by atoms with Crippen molar-refractivity contribution in [2.45, 2.75) is 12.2 Å². The fourth-order valence-electron chi connectivity index (χ4n) is 1.26. The molecule has 5 nitrogen and oxygen atoms in total.